The van der Waals surface area contributed by atoms with Crippen LogP contribution >= 0.6 is 0 Å². The van der Waals surface area contributed by atoms with Crippen molar-refractivity contribution in [2.75, 3.05) is 18.5 Å². The first-order chi connectivity index (χ1) is 9.63. The zero-order valence-electron chi connectivity index (χ0n) is 11.1. The molecular formula is C14H18N2O4. The molecule has 0 atom stereocenters. The number of carboxylic acids is 1. The van der Waals surface area contributed by atoms with E-state index in [4.69, 9.17) is 9.84 Å². The number of carboxylic acid groups (broad SMARTS) is 1. The van der Waals surface area contributed by atoms with E-state index >= 15 is 0 Å². The maximum Gasteiger partial charge on any atom is 0.341 e. The molecule has 3 N–H and O–H groups in total. The number of hydrogen-bond donors (Lipinski definition) is 3. The van der Waals surface area contributed by atoms with Crippen LogP contribution in [0.2, 0.25) is 0 Å². The molecule has 1 aromatic rings. The molecule has 1 aliphatic rings. The van der Waals surface area contributed by atoms with E-state index in [1.165, 1.54) is 19.3 Å². The van der Waals surface area contributed by atoms with Crippen molar-refractivity contribution in [3.63, 3.8) is 0 Å². The molecule has 2 rings (SSSR count). The van der Waals surface area contributed by atoms with Crippen LogP contribution in [0.15, 0.2) is 24.3 Å². The predicted octanol–water partition coefficient (Wildman–Crippen LogP) is 2.07. The molecule has 0 aromatic heterocycles. The molecule has 6 heteroatoms. The molecule has 108 valence electrons. The van der Waals surface area contributed by atoms with Gasteiger partial charge >= 0.3 is 12.0 Å². The van der Waals surface area contributed by atoms with Gasteiger partial charge in [-0.25, -0.2) is 9.59 Å². The van der Waals surface area contributed by atoms with E-state index in [0.717, 1.165) is 0 Å². The van der Waals surface area contributed by atoms with Crippen LogP contribution in [0, 0.1) is 5.92 Å². The number of hydrogen-bond acceptors (Lipinski definition) is 3. The Kier molecular flexibility index (Phi) is 4.81. The molecule has 0 aliphatic heterocycles. The van der Waals surface area contributed by atoms with Crippen LogP contribution in [0.3, 0.4) is 0 Å². The lowest BCUT2D eigenvalue weighted by Crippen LogP contribution is -2.35. The van der Waals surface area contributed by atoms with Gasteiger partial charge in [-0.1, -0.05) is 12.5 Å². The second-order valence-electron chi connectivity index (χ2n) is 4.84. The number of ether oxygens (including phenoxy) is 1. The van der Waals surface area contributed by atoms with Gasteiger partial charge in [-0.15, -0.1) is 0 Å². The summed E-state index contributed by atoms with van der Waals surface area (Å²) in [6.07, 6.45) is 3.61. The topological polar surface area (TPSA) is 87.7 Å². The SMILES string of the molecule is O=C(O)COc1cccc(NC(=O)NCC2CCC2)c1. The van der Waals surface area contributed by atoms with Crippen LogP contribution in [0.25, 0.3) is 0 Å². The molecule has 1 saturated carbocycles. The van der Waals surface area contributed by atoms with Crippen molar-refractivity contribution in [2.24, 2.45) is 5.92 Å². The molecule has 1 aliphatic carbocycles. The summed E-state index contributed by atoms with van der Waals surface area (Å²) in [5.74, 6) is -0.0308. The normalized spacial score (nSPS) is 14.2. The van der Waals surface area contributed by atoms with Crippen molar-refractivity contribution in [3.8, 4) is 5.75 Å². The monoisotopic (exact) mass is 278 g/mol. The van der Waals surface area contributed by atoms with Gasteiger partial charge in [0.25, 0.3) is 0 Å². The molecule has 0 spiro atoms. The Morgan fingerprint density at radius 3 is 2.80 bits per heavy atom. The van der Waals surface area contributed by atoms with Crippen molar-refractivity contribution in [1.29, 1.82) is 0 Å². The molecule has 1 fully saturated rings. The maximum atomic E-state index is 11.7. The van der Waals surface area contributed by atoms with Crippen molar-refractivity contribution in [1.82, 2.24) is 5.32 Å². The van der Waals surface area contributed by atoms with Crippen LogP contribution in [-0.4, -0.2) is 30.3 Å². The van der Waals surface area contributed by atoms with E-state index < -0.39 is 12.6 Å². The van der Waals surface area contributed by atoms with Crippen molar-refractivity contribution in [2.45, 2.75) is 19.3 Å². The average Bonchev–Trinajstić information content (AvgIpc) is 2.35. The van der Waals surface area contributed by atoms with Crippen LogP contribution in [0.5, 0.6) is 5.75 Å². The maximum absolute atomic E-state index is 11.7. The third-order valence-electron chi connectivity index (χ3n) is 3.23. The van der Waals surface area contributed by atoms with Gasteiger partial charge in [-0.3, -0.25) is 0 Å². The molecule has 0 bridgehead atoms. The number of urea groups is 1. The number of benzene rings is 1. The summed E-state index contributed by atoms with van der Waals surface area (Å²) in [6.45, 7) is 0.290. The van der Waals surface area contributed by atoms with Gasteiger partial charge < -0.3 is 20.5 Å². The zero-order valence-corrected chi connectivity index (χ0v) is 11.1. The molecule has 20 heavy (non-hydrogen) atoms. The Hall–Kier alpha value is -2.24. The minimum atomic E-state index is -1.04. The van der Waals surface area contributed by atoms with Crippen molar-refractivity contribution in [3.05, 3.63) is 24.3 Å². The molecule has 1 aromatic carbocycles. The Bertz CT molecular complexity index is 486. The Labute approximate surface area is 117 Å². The third-order valence-corrected chi connectivity index (χ3v) is 3.23. The molecule has 0 saturated heterocycles. The summed E-state index contributed by atoms with van der Waals surface area (Å²) in [4.78, 5) is 22.1. The first kappa shape index (κ1) is 14.2. The molecule has 0 radical (unpaired) electrons. The average molecular weight is 278 g/mol. The first-order valence-electron chi connectivity index (χ1n) is 6.63. The van der Waals surface area contributed by atoms with Gasteiger partial charge in [0, 0.05) is 18.3 Å². The van der Waals surface area contributed by atoms with Gasteiger partial charge in [0.1, 0.15) is 5.75 Å². The Balaban J connectivity index is 1.80. The summed E-state index contributed by atoms with van der Waals surface area (Å²) in [5, 5.41) is 14.0. The Morgan fingerprint density at radius 2 is 2.15 bits per heavy atom. The van der Waals surface area contributed by atoms with Crippen LogP contribution < -0.4 is 15.4 Å². The zero-order chi connectivity index (χ0) is 14.4. The molecule has 0 heterocycles. The summed E-state index contributed by atoms with van der Waals surface area (Å²) in [6, 6.07) is 6.38. The molecule has 0 unspecified atom stereocenters. The number of nitrogens with one attached hydrogen (secondary N) is 2. The minimum Gasteiger partial charge on any atom is -0.482 e. The fraction of sp³-hybridized carbons (Fsp3) is 0.429. The second kappa shape index (κ2) is 6.79. The smallest absolute Gasteiger partial charge is 0.341 e. The lowest BCUT2D eigenvalue weighted by Gasteiger charge is -2.25. The predicted molar refractivity (Wildman–Crippen MR) is 73.9 cm³/mol. The largest absolute Gasteiger partial charge is 0.482 e. The summed E-state index contributed by atoms with van der Waals surface area (Å²) >= 11 is 0. The lowest BCUT2D eigenvalue weighted by molar-refractivity contribution is -0.139. The molecular weight excluding hydrogens is 260 g/mol. The van der Waals surface area contributed by atoms with Gasteiger partial charge in [-0.05, 0) is 30.9 Å². The van der Waals surface area contributed by atoms with E-state index in [1.807, 2.05) is 0 Å². The number of rotatable bonds is 6. The fourth-order valence-electron chi connectivity index (χ4n) is 1.92. The number of amides is 2. The number of carbonyl (C=O) groups excluding carboxylic acids is 1. The van der Waals surface area contributed by atoms with E-state index in [2.05, 4.69) is 10.6 Å². The van der Waals surface area contributed by atoms with Crippen LogP contribution in [-0.2, 0) is 4.79 Å². The van der Waals surface area contributed by atoms with E-state index in [1.54, 1.807) is 24.3 Å². The van der Waals surface area contributed by atoms with Gasteiger partial charge in [0.2, 0.25) is 0 Å². The molecule has 2 amide bonds. The van der Waals surface area contributed by atoms with Crippen molar-refractivity contribution >= 4 is 17.7 Å². The first-order valence-corrected chi connectivity index (χ1v) is 6.63. The van der Waals surface area contributed by atoms with E-state index in [-0.39, 0.29) is 6.03 Å². The highest BCUT2D eigenvalue weighted by atomic mass is 16.5. The number of carbonyl (C=O) groups is 2. The lowest BCUT2D eigenvalue weighted by atomic mass is 9.85. The van der Waals surface area contributed by atoms with Gasteiger partial charge in [0.05, 0.1) is 0 Å². The second-order valence-corrected chi connectivity index (χ2v) is 4.84. The highest BCUT2D eigenvalue weighted by molar-refractivity contribution is 5.89. The van der Waals surface area contributed by atoms with Crippen LogP contribution in [0.4, 0.5) is 10.5 Å². The van der Waals surface area contributed by atoms with Crippen LogP contribution in [0.1, 0.15) is 19.3 Å². The Morgan fingerprint density at radius 1 is 1.35 bits per heavy atom. The fourth-order valence-corrected chi connectivity index (χ4v) is 1.92. The molecule has 6 nitrogen and oxygen atoms in total. The van der Waals surface area contributed by atoms with Crippen molar-refractivity contribution < 1.29 is 19.4 Å². The summed E-state index contributed by atoms with van der Waals surface area (Å²) < 4.78 is 5.04. The van der Waals surface area contributed by atoms with E-state index in [0.29, 0.717) is 23.9 Å². The summed E-state index contributed by atoms with van der Waals surface area (Å²) in [7, 11) is 0. The number of anilines is 1. The van der Waals surface area contributed by atoms with Gasteiger partial charge in [0.15, 0.2) is 6.61 Å². The standard InChI is InChI=1S/C14H18N2O4/c17-13(18)9-20-12-6-2-5-11(7-12)16-14(19)15-8-10-3-1-4-10/h2,5-7,10H,1,3-4,8-9H2,(H,17,18)(H2,15,16,19). The van der Waals surface area contributed by atoms with E-state index in [9.17, 15) is 9.59 Å². The quantitative estimate of drug-likeness (QED) is 0.743. The summed E-state index contributed by atoms with van der Waals surface area (Å²) in [5.41, 5.74) is 0.569. The highest BCUT2D eigenvalue weighted by Gasteiger charge is 2.17. The minimum absolute atomic E-state index is 0.257. The third kappa shape index (κ3) is 4.46. The van der Waals surface area contributed by atoms with Gasteiger partial charge in [-0.2, -0.15) is 0 Å². The number of aliphatic carboxylic acids is 1. The highest BCUT2D eigenvalue weighted by Crippen LogP contribution is 2.25.